The lowest BCUT2D eigenvalue weighted by Gasteiger charge is -2.19. The van der Waals surface area contributed by atoms with E-state index in [4.69, 9.17) is 5.11 Å². The van der Waals surface area contributed by atoms with Gasteiger partial charge >= 0.3 is 5.97 Å². The maximum absolute atomic E-state index is 12.1. The van der Waals surface area contributed by atoms with E-state index in [9.17, 15) is 13.2 Å². The van der Waals surface area contributed by atoms with Crippen molar-refractivity contribution in [1.82, 2.24) is 4.72 Å². The van der Waals surface area contributed by atoms with Crippen LogP contribution in [0.15, 0.2) is 32.0 Å². The van der Waals surface area contributed by atoms with Crippen molar-refractivity contribution in [1.29, 1.82) is 0 Å². The van der Waals surface area contributed by atoms with E-state index in [0.29, 0.717) is 8.95 Å². The minimum Gasteiger partial charge on any atom is -0.481 e. The predicted molar refractivity (Wildman–Crippen MR) is 78.4 cm³/mol. The van der Waals surface area contributed by atoms with Crippen LogP contribution in [0.25, 0.3) is 0 Å². The maximum Gasteiger partial charge on any atom is 0.310 e. The molecule has 0 radical (unpaired) electrons. The monoisotopic (exact) mass is 413 g/mol. The van der Waals surface area contributed by atoms with E-state index in [1.807, 2.05) is 0 Å². The molecule has 1 rings (SSSR count). The highest BCUT2D eigenvalue weighted by atomic mass is 79.9. The molecule has 0 unspecified atom stereocenters. The average Bonchev–Trinajstić information content (AvgIpc) is 2.30. The second-order valence-corrected chi connectivity index (χ2v) is 8.09. The first-order chi connectivity index (χ1) is 8.56. The number of benzene rings is 1. The molecule has 0 heterocycles. The summed E-state index contributed by atoms with van der Waals surface area (Å²) in [5, 5.41) is 8.96. The number of nitrogens with one attached hydrogen (secondary N) is 1. The van der Waals surface area contributed by atoms with Gasteiger partial charge in [-0.25, -0.2) is 13.1 Å². The standard InChI is InChI=1S/C11H13Br2NO4S/c1-11(2,10(15)16)6-14-19(17,18)9-5-7(12)3-4-8(9)13/h3-5,14H,6H2,1-2H3,(H,15,16). The number of hydrogen-bond acceptors (Lipinski definition) is 3. The number of halogens is 2. The van der Waals surface area contributed by atoms with Gasteiger partial charge < -0.3 is 5.11 Å². The molecule has 0 bridgehead atoms. The van der Waals surface area contributed by atoms with Crippen LogP contribution in [0.2, 0.25) is 0 Å². The molecule has 8 heteroatoms. The molecule has 0 atom stereocenters. The highest BCUT2D eigenvalue weighted by molar-refractivity contribution is 9.11. The van der Waals surface area contributed by atoms with Crippen LogP contribution >= 0.6 is 31.9 Å². The summed E-state index contributed by atoms with van der Waals surface area (Å²) in [5.74, 6) is -1.07. The highest BCUT2D eigenvalue weighted by Crippen LogP contribution is 2.26. The lowest BCUT2D eigenvalue weighted by Crippen LogP contribution is -2.38. The van der Waals surface area contributed by atoms with Gasteiger partial charge in [0.15, 0.2) is 0 Å². The van der Waals surface area contributed by atoms with E-state index >= 15 is 0 Å². The molecular weight excluding hydrogens is 402 g/mol. The van der Waals surface area contributed by atoms with Gasteiger partial charge in [-0.3, -0.25) is 4.79 Å². The van der Waals surface area contributed by atoms with Crippen LogP contribution in [0.5, 0.6) is 0 Å². The lowest BCUT2D eigenvalue weighted by atomic mass is 9.95. The first-order valence-electron chi connectivity index (χ1n) is 5.24. The number of carboxylic acids is 1. The van der Waals surface area contributed by atoms with E-state index in [1.54, 1.807) is 12.1 Å². The summed E-state index contributed by atoms with van der Waals surface area (Å²) in [6.07, 6.45) is 0. The van der Waals surface area contributed by atoms with Gasteiger partial charge in [0.1, 0.15) is 0 Å². The van der Waals surface area contributed by atoms with Gasteiger partial charge in [-0.1, -0.05) is 15.9 Å². The molecule has 1 aromatic carbocycles. The summed E-state index contributed by atoms with van der Waals surface area (Å²) in [5.41, 5.74) is -1.18. The number of carbonyl (C=O) groups is 1. The third kappa shape index (κ3) is 4.27. The zero-order valence-electron chi connectivity index (χ0n) is 10.3. The van der Waals surface area contributed by atoms with Crippen LogP contribution in [0.1, 0.15) is 13.8 Å². The predicted octanol–water partition coefficient (Wildman–Crippen LogP) is 2.60. The van der Waals surface area contributed by atoms with Crippen LogP contribution in [-0.4, -0.2) is 26.0 Å². The molecule has 1 aromatic rings. The molecule has 0 spiro atoms. The minimum atomic E-state index is -3.77. The average molecular weight is 415 g/mol. The van der Waals surface area contributed by atoms with Crippen molar-refractivity contribution in [2.75, 3.05) is 6.54 Å². The van der Waals surface area contributed by atoms with Gasteiger partial charge in [0.25, 0.3) is 0 Å². The molecule has 0 aliphatic rings. The van der Waals surface area contributed by atoms with Gasteiger partial charge in [0, 0.05) is 15.5 Å². The Morgan fingerprint density at radius 1 is 1.37 bits per heavy atom. The molecule has 0 saturated carbocycles. The summed E-state index contributed by atoms with van der Waals surface area (Å²) in [7, 11) is -3.77. The van der Waals surface area contributed by atoms with Crippen molar-refractivity contribution >= 4 is 47.9 Å². The van der Waals surface area contributed by atoms with E-state index in [2.05, 4.69) is 36.6 Å². The molecule has 0 aliphatic heterocycles. The first-order valence-corrected chi connectivity index (χ1v) is 8.31. The quantitative estimate of drug-likeness (QED) is 0.775. The van der Waals surface area contributed by atoms with Gasteiger partial charge in [0.2, 0.25) is 10.0 Å². The molecule has 0 amide bonds. The Hall–Kier alpha value is -0.440. The molecule has 0 fully saturated rings. The molecule has 106 valence electrons. The van der Waals surface area contributed by atoms with Gasteiger partial charge in [-0.15, -0.1) is 0 Å². The normalized spacial score (nSPS) is 12.4. The van der Waals surface area contributed by atoms with Crippen LogP contribution in [-0.2, 0) is 14.8 Å². The van der Waals surface area contributed by atoms with Crippen molar-refractivity contribution < 1.29 is 18.3 Å². The Kier molecular flexibility index (Phi) is 5.16. The van der Waals surface area contributed by atoms with Crippen LogP contribution in [0, 0.1) is 5.41 Å². The number of rotatable bonds is 5. The fourth-order valence-corrected chi connectivity index (χ4v) is 3.82. The molecule has 2 N–H and O–H groups in total. The largest absolute Gasteiger partial charge is 0.481 e. The summed E-state index contributed by atoms with van der Waals surface area (Å²) in [6.45, 7) is 2.71. The van der Waals surface area contributed by atoms with Crippen LogP contribution in [0.4, 0.5) is 0 Å². The van der Waals surface area contributed by atoms with E-state index in [-0.39, 0.29) is 11.4 Å². The highest BCUT2D eigenvalue weighted by Gasteiger charge is 2.30. The minimum absolute atomic E-state index is 0.0584. The molecule has 5 nitrogen and oxygen atoms in total. The SMILES string of the molecule is CC(C)(CNS(=O)(=O)c1cc(Br)ccc1Br)C(=O)O. The summed E-state index contributed by atoms with van der Waals surface area (Å²) >= 11 is 6.35. The fourth-order valence-electron chi connectivity index (χ4n) is 1.11. The summed E-state index contributed by atoms with van der Waals surface area (Å²) < 4.78 is 27.6. The number of hydrogen-bond donors (Lipinski definition) is 2. The van der Waals surface area contributed by atoms with Crippen molar-refractivity contribution in [3.63, 3.8) is 0 Å². The van der Waals surface area contributed by atoms with E-state index < -0.39 is 21.4 Å². The van der Waals surface area contributed by atoms with Crippen LogP contribution < -0.4 is 4.72 Å². The third-order valence-corrected chi connectivity index (χ3v) is 5.35. The Balaban J connectivity index is 3.00. The van der Waals surface area contributed by atoms with Crippen molar-refractivity contribution in [3.05, 3.63) is 27.1 Å². The topological polar surface area (TPSA) is 83.5 Å². The molecular formula is C11H13Br2NO4S. The Labute approximate surface area is 128 Å². The van der Waals surface area contributed by atoms with Crippen molar-refractivity contribution in [2.45, 2.75) is 18.7 Å². The van der Waals surface area contributed by atoms with E-state index in [0.717, 1.165) is 0 Å². The Bertz CT molecular complexity index is 599. The summed E-state index contributed by atoms with van der Waals surface area (Å²) in [6, 6.07) is 4.74. The molecule has 19 heavy (non-hydrogen) atoms. The second-order valence-electron chi connectivity index (χ2n) is 4.59. The number of carboxylic acid groups (broad SMARTS) is 1. The zero-order chi connectivity index (χ0) is 14.8. The Morgan fingerprint density at radius 2 is 1.95 bits per heavy atom. The maximum atomic E-state index is 12.1. The Morgan fingerprint density at radius 3 is 2.47 bits per heavy atom. The number of sulfonamides is 1. The number of aliphatic carboxylic acids is 1. The van der Waals surface area contributed by atoms with E-state index in [1.165, 1.54) is 19.9 Å². The zero-order valence-corrected chi connectivity index (χ0v) is 14.3. The lowest BCUT2D eigenvalue weighted by molar-refractivity contribution is -0.146. The van der Waals surface area contributed by atoms with Crippen molar-refractivity contribution in [2.24, 2.45) is 5.41 Å². The summed E-state index contributed by atoms with van der Waals surface area (Å²) in [4.78, 5) is 11.0. The molecule has 0 saturated heterocycles. The van der Waals surface area contributed by atoms with Gasteiger partial charge in [0.05, 0.1) is 10.3 Å². The van der Waals surface area contributed by atoms with Crippen molar-refractivity contribution in [3.8, 4) is 0 Å². The second kappa shape index (κ2) is 5.90. The molecule has 0 aromatic heterocycles. The smallest absolute Gasteiger partial charge is 0.310 e. The molecule has 0 aliphatic carbocycles. The van der Waals surface area contributed by atoms with Gasteiger partial charge in [-0.2, -0.15) is 0 Å². The third-order valence-electron chi connectivity index (χ3n) is 2.47. The van der Waals surface area contributed by atoms with Crippen LogP contribution in [0.3, 0.4) is 0 Å². The first kappa shape index (κ1) is 16.6. The van der Waals surface area contributed by atoms with Gasteiger partial charge in [-0.05, 0) is 48.0 Å². The fraction of sp³-hybridized carbons (Fsp3) is 0.364.